The second kappa shape index (κ2) is 10.7. The van der Waals surface area contributed by atoms with Crippen LogP contribution in [-0.4, -0.2) is 56.8 Å². The van der Waals surface area contributed by atoms with Gasteiger partial charge in [-0.05, 0) is 34.6 Å². The summed E-state index contributed by atoms with van der Waals surface area (Å²) in [5.74, 6) is 0. The van der Waals surface area contributed by atoms with Crippen molar-refractivity contribution < 1.29 is 36.0 Å². The van der Waals surface area contributed by atoms with E-state index in [9.17, 15) is 22.1 Å². The van der Waals surface area contributed by atoms with E-state index < -0.39 is 13.4 Å². The second-order valence-electron chi connectivity index (χ2n) is 4.59. The first-order valence-electron chi connectivity index (χ1n) is 7.09. The minimum absolute atomic E-state index is 0.0486. The number of hydrogen-bond donors (Lipinski definition) is 0. The van der Waals surface area contributed by atoms with Crippen LogP contribution in [0.25, 0.3) is 0 Å². The number of halogens is 4. The molecule has 1 aliphatic rings. The summed E-state index contributed by atoms with van der Waals surface area (Å²) in [4.78, 5) is 10.0. The molecule has 4 nitrogen and oxygen atoms in total. The number of carbonyl (C=O) groups is 1. The molecule has 0 saturated carbocycles. The maximum atomic E-state index is 10.0. The highest BCUT2D eigenvalue weighted by Gasteiger charge is 2.20. The Morgan fingerprint density at radius 3 is 1.43 bits per heavy atom. The van der Waals surface area contributed by atoms with Gasteiger partial charge in [0.25, 0.3) is 0 Å². The Bertz CT molecular complexity index is 263. The van der Waals surface area contributed by atoms with Crippen LogP contribution in [0, 0.1) is 0 Å². The molecule has 0 aromatic heterocycles. The molecule has 0 spiro atoms. The average Bonchev–Trinajstić information content (AvgIpc) is 2.75. The van der Waals surface area contributed by atoms with Gasteiger partial charge in [-0.25, -0.2) is 4.79 Å². The van der Waals surface area contributed by atoms with E-state index in [2.05, 4.69) is 37.2 Å². The van der Waals surface area contributed by atoms with E-state index in [1.165, 1.54) is 30.7 Å². The Morgan fingerprint density at radius 2 is 1.38 bits per heavy atom. The number of ether oxygens (including phenoxy) is 2. The molecule has 1 heterocycles. The summed E-state index contributed by atoms with van der Waals surface area (Å²) in [6.45, 7) is 16.4. The molecule has 0 bridgehead atoms. The van der Waals surface area contributed by atoms with Gasteiger partial charge in [0.1, 0.15) is 12.7 Å². The monoisotopic (exact) mass is 319 g/mol. The maximum Gasteiger partial charge on any atom is 0.673 e. The molecule has 1 saturated heterocycles. The third kappa shape index (κ3) is 13.7. The molecule has 0 aromatic rings. The zero-order valence-corrected chi connectivity index (χ0v) is 13.4. The third-order valence-electron chi connectivity index (χ3n) is 3.42. The van der Waals surface area contributed by atoms with Crippen LogP contribution in [0.3, 0.4) is 0 Å². The first kappa shape index (κ1) is 22.3. The Morgan fingerprint density at radius 1 is 1.05 bits per heavy atom. The highest BCUT2D eigenvalue weighted by atomic mass is 19.5. The molecule has 0 aliphatic carbocycles. The lowest BCUT2D eigenvalue weighted by Crippen LogP contribution is -2.47. The molecule has 9 heteroatoms. The van der Waals surface area contributed by atoms with Crippen LogP contribution in [-0.2, 0) is 9.47 Å². The number of hydrogen-bond acceptors (Lipinski definition) is 3. The molecule has 0 amide bonds. The van der Waals surface area contributed by atoms with Gasteiger partial charge in [0.2, 0.25) is 0 Å². The summed E-state index contributed by atoms with van der Waals surface area (Å²) in [6.07, 6.45) is -0.597. The first-order valence-corrected chi connectivity index (χ1v) is 7.09. The predicted octanol–water partition coefficient (Wildman–Crippen LogP) is 3.72. The van der Waals surface area contributed by atoms with Crippen LogP contribution in [0.4, 0.5) is 22.1 Å². The van der Waals surface area contributed by atoms with Crippen molar-refractivity contribution in [3.8, 4) is 0 Å². The quantitative estimate of drug-likeness (QED) is 0.343. The van der Waals surface area contributed by atoms with Crippen molar-refractivity contribution in [3.05, 3.63) is 0 Å². The van der Waals surface area contributed by atoms with E-state index in [0.29, 0.717) is 6.61 Å². The topological polar surface area (TPSA) is 35.5 Å². The Balaban J connectivity index is 0. The summed E-state index contributed by atoms with van der Waals surface area (Å²) >= 11 is 0. The first-order chi connectivity index (χ1) is 9.53. The highest BCUT2D eigenvalue weighted by Crippen LogP contribution is 2.06. The lowest BCUT2D eigenvalue weighted by Gasteiger charge is -2.34. The van der Waals surface area contributed by atoms with Crippen molar-refractivity contribution in [1.82, 2.24) is 0 Å². The third-order valence-corrected chi connectivity index (χ3v) is 3.42. The van der Waals surface area contributed by atoms with E-state index >= 15 is 0 Å². The SMILES string of the molecule is CC1COC(=O)O1.CC[N+](CC)(CC)CC.F[B-](F)(F)F. The normalized spacial score (nSPS) is 17.8. The molecule has 0 N–H and O–H groups in total. The summed E-state index contributed by atoms with van der Waals surface area (Å²) in [7, 11) is -6.00. The van der Waals surface area contributed by atoms with Gasteiger partial charge in [0.15, 0.2) is 0 Å². The van der Waals surface area contributed by atoms with Crippen molar-refractivity contribution in [1.29, 1.82) is 0 Å². The molecule has 1 rings (SSSR count). The van der Waals surface area contributed by atoms with Gasteiger partial charge in [0, 0.05) is 0 Å². The number of nitrogens with zero attached hydrogens (tertiary/aromatic N) is 1. The molecule has 1 atom stereocenters. The molecule has 128 valence electrons. The van der Waals surface area contributed by atoms with Crippen LogP contribution < -0.4 is 0 Å². The molecule has 1 fully saturated rings. The summed E-state index contributed by atoms with van der Waals surface area (Å²) in [5, 5.41) is 0. The zero-order valence-electron chi connectivity index (χ0n) is 13.4. The number of rotatable bonds is 4. The average molecular weight is 319 g/mol. The van der Waals surface area contributed by atoms with Crippen molar-refractivity contribution in [2.24, 2.45) is 0 Å². The van der Waals surface area contributed by atoms with Crippen molar-refractivity contribution in [2.75, 3.05) is 32.8 Å². The fourth-order valence-electron chi connectivity index (χ4n) is 1.76. The molecular formula is C12H26BF4NO3. The number of carbonyl (C=O) groups excluding carboxylic acids is 1. The van der Waals surface area contributed by atoms with Gasteiger partial charge in [-0.15, -0.1) is 0 Å². The zero-order chi connectivity index (χ0) is 17.1. The smallest absolute Gasteiger partial charge is 0.430 e. The minimum atomic E-state index is -6.00. The standard InChI is InChI=1S/C8H20N.C4H6O3.BF4/c1-5-9(6-2,7-3)8-4;1-3-2-6-4(5)7-3;2-1(3,4)5/h5-8H2,1-4H3;3H,2H2,1H3;/q+1;;-1. The van der Waals surface area contributed by atoms with E-state index in [1.54, 1.807) is 6.92 Å². The van der Waals surface area contributed by atoms with Gasteiger partial charge in [-0.2, -0.15) is 0 Å². The van der Waals surface area contributed by atoms with E-state index in [1.807, 2.05) is 0 Å². The molecule has 0 radical (unpaired) electrons. The summed E-state index contributed by atoms with van der Waals surface area (Å²) < 4.78 is 49.2. The van der Waals surface area contributed by atoms with Crippen LogP contribution in [0.1, 0.15) is 34.6 Å². The van der Waals surface area contributed by atoms with Crippen LogP contribution in [0.2, 0.25) is 0 Å². The fraction of sp³-hybridized carbons (Fsp3) is 0.917. The lowest BCUT2D eigenvalue weighted by molar-refractivity contribution is -0.921. The molecule has 21 heavy (non-hydrogen) atoms. The molecule has 1 unspecified atom stereocenters. The number of quaternary nitrogens is 1. The van der Waals surface area contributed by atoms with Crippen LogP contribution >= 0.6 is 0 Å². The van der Waals surface area contributed by atoms with Crippen molar-refractivity contribution in [2.45, 2.75) is 40.7 Å². The lowest BCUT2D eigenvalue weighted by atomic mass is 10.3. The Kier molecular flexibility index (Phi) is 11.4. The predicted molar refractivity (Wildman–Crippen MR) is 74.5 cm³/mol. The molecule has 1 aliphatic heterocycles. The Labute approximate surface area is 124 Å². The maximum absolute atomic E-state index is 10.0. The van der Waals surface area contributed by atoms with Gasteiger partial charge >= 0.3 is 13.4 Å². The van der Waals surface area contributed by atoms with Crippen LogP contribution in [0.5, 0.6) is 0 Å². The van der Waals surface area contributed by atoms with Crippen molar-refractivity contribution >= 4 is 13.4 Å². The largest absolute Gasteiger partial charge is 0.673 e. The molecular weight excluding hydrogens is 293 g/mol. The summed E-state index contributed by atoms with van der Waals surface area (Å²) in [6, 6.07) is 0. The molecule has 0 aromatic carbocycles. The van der Waals surface area contributed by atoms with E-state index in [-0.39, 0.29) is 6.10 Å². The fourth-order valence-corrected chi connectivity index (χ4v) is 1.76. The number of cyclic esters (lactones) is 2. The van der Waals surface area contributed by atoms with Gasteiger partial charge in [0.05, 0.1) is 26.2 Å². The van der Waals surface area contributed by atoms with Gasteiger partial charge < -0.3 is 31.2 Å². The van der Waals surface area contributed by atoms with Gasteiger partial charge in [-0.1, -0.05) is 0 Å². The van der Waals surface area contributed by atoms with E-state index in [4.69, 9.17) is 0 Å². The van der Waals surface area contributed by atoms with E-state index in [0.717, 1.165) is 0 Å². The van der Waals surface area contributed by atoms with Gasteiger partial charge in [-0.3, -0.25) is 0 Å². The van der Waals surface area contributed by atoms with Crippen molar-refractivity contribution in [3.63, 3.8) is 0 Å². The minimum Gasteiger partial charge on any atom is -0.430 e. The van der Waals surface area contributed by atoms with Crippen LogP contribution in [0.15, 0.2) is 0 Å². The Hall–Kier alpha value is -0.985. The summed E-state index contributed by atoms with van der Waals surface area (Å²) in [5.41, 5.74) is 0. The highest BCUT2D eigenvalue weighted by molar-refractivity contribution is 6.50. The second-order valence-corrected chi connectivity index (χ2v) is 4.59.